The third-order valence-corrected chi connectivity index (χ3v) is 1.41. The molecular formula is C6H10N4O2. The lowest BCUT2D eigenvalue weighted by Gasteiger charge is -2.00. The maximum Gasteiger partial charge on any atom is 0.347 e. The molecule has 0 aliphatic heterocycles. The van der Waals surface area contributed by atoms with Gasteiger partial charge in [0.1, 0.15) is 6.04 Å². The van der Waals surface area contributed by atoms with Crippen LogP contribution in [0.15, 0.2) is 6.07 Å². The van der Waals surface area contributed by atoms with Crippen molar-refractivity contribution in [2.45, 2.75) is 19.9 Å². The molecule has 0 fully saturated rings. The molecule has 0 unspecified atom stereocenters. The quantitative estimate of drug-likeness (QED) is 0.528. The van der Waals surface area contributed by atoms with Crippen molar-refractivity contribution in [3.05, 3.63) is 16.2 Å². The molecule has 0 aliphatic carbocycles. The number of nitrogens with two attached hydrogens (primary N) is 1. The number of hydrogen-bond acceptors (Lipinski definition) is 4. The number of rotatable bonds is 2. The van der Waals surface area contributed by atoms with Gasteiger partial charge >= 0.3 is 5.82 Å². The third kappa shape index (κ3) is 1.36. The van der Waals surface area contributed by atoms with Gasteiger partial charge in [-0.25, -0.2) is 0 Å². The van der Waals surface area contributed by atoms with Crippen molar-refractivity contribution in [1.29, 1.82) is 0 Å². The molecule has 1 rings (SSSR count). The average Bonchev–Trinajstić information content (AvgIpc) is 2.31. The van der Waals surface area contributed by atoms with Crippen LogP contribution in [0.1, 0.15) is 19.9 Å². The van der Waals surface area contributed by atoms with Gasteiger partial charge in [0.05, 0.1) is 6.07 Å². The Morgan fingerprint density at radius 3 is 2.67 bits per heavy atom. The lowest BCUT2D eigenvalue weighted by atomic mass is 10.4. The van der Waals surface area contributed by atoms with Gasteiger partial charge in [-0.2, -0.15) is 0 Å². The van der Waals surface area contributed by atoms with Crippen LogP contribution in [0.5, 0.6) is 0 Å². The fourth-order valence-electron chi connectivity index (χ4n) is 0.919. The minimum atomic E-state index is -0.497. The molecule has 0 amide bonds. The maximum absolute atomic E-state index is 10.4. The van der Waals surface area contributed by atoms with E-state index in [-0.39, 0.29) is 17.7 Å². The average molecular weight is 170 g/mol. The van der Waals surface area contributed by atoms with Gasteiger partial charge in [-0.3, -0.25) is 0 Å². The molecule has 0 aliphatic rings. The Hall–Kier alpha value is -1.59. The number of anilines is 1. The molecule has 0 bridgehead atoms. The molecule has 0 atom stereocenters. The van der Waals surface area contributed by atoms with E-state index in [0.717, 1.165) is 0 Å². The third-order valence-electron chi connectivity index (χ3n) is 1.41. The molecule has 66 valence electrons. The van der Waals surface area contributed by atoms with Crippen LogP contribution < -0.4 is 5.73 Å². The Morgan fingerprint density at radius 2 is 2.33 bits per heavy atom. The second-order valence-corrected chi connectivity index (χ2v) is 2.72. The summed E-state index contributed by atoms with van der Waals surface area (Å²) in [5.41, 5.74) is 5.32. The first-order valence-corrected chi connectivity index (χ1v) is 3.51. The van der Waals surface area contributed by atoms with Crippen LogP contribution in [0.4, 0.5) is 11.6 Å². The first-order valence-electron chi connectivity index (χ1n) is 3.51. The van der Waals surface area contributed by atoms with Gasteiger partial charge in [-0.1, -0.05) is 5.10 Å². The summed E-state index contributed by atoms with van der Waals surface area (Å²) in [5.74, 6) is 0.109. The topological polar surface area (TPSA) is 87.0 Å². The second kappa shape index (κ2) is 2.80. The number of hydrogen-bond donors (Lipinski definition) is 1. The second-order valence-electron chi connectivity index (χ2n) is 2.72. The van der Waals surface area contributed by atoms with Crippen LogP contribution in [0.25, 0.3) is 0 Å². The molecule has 12 heavy (non-hydrogen) atoms. The van der Waals surface area contributed by atoms with Crippen molar-refractivity contribution in [2.75, 3.05) is 5.73 Å². The van der Waals surface area contributed by atoms with Gasteiger partial charge in [0.15, 0.2) is 5.82 Å². The van der Waals surface area contributed by atoms with Crippen molar-refractivity contribution in [2.24, 2.45) is 0 Å². The van der Waals surface area contributed by atoms with Crippen LogP contribution in [0, 0.1) is 10.1 Å². The highest BCUT2D eigenvalue weighted by molar-refractivity contribution is 5.37. The van der Waals surface area contributed by atoms with Gasteiger partial charge in [0.25, 0.3) is 0 Å². The summed E-state index contributed by atoms with van der Waals surface area (Å²) in [7, 11) is 0. The normalized spacial score (nSPS) is 10.6. The highest BCUT2D eigenvalue weighted by Gasteiger charge is 2.18. The molecule has 2 N–H and O–H groups in total. The summed E-state index contributed by atoms with van der Waals surface area (Å²) in [6.45, 7) is 3.61. The Morgan fingerprint density at radius 1 is 1.75 bits per heavy atom. The summed E-state index contributed by atoms with van der Waals surface area (Å²) in [6, 6.07) is 1.20. The van der Waals surface area contributed by atoms with Crippen LogP contribution >= 0.6 is 0 Å². The van der Waals surface area contributed by atoms with E-state index in [1.165, 1.54) is 10.7 Å². The molecule has 1 aromatic heterocycles. The van der Waals surface area contributed by atoms with Crippen molar-refractivity contribution < 1.29 is 4.92 Å². The molecular weight excluding hydrogens is 160 g/mol. The van der Waals surface area contributed by atoms with E-state index in [1.807, 2.05) is 0 Å². The minimum absolute atomic E-state index is 0.0531. The van der Waals surface area contributed by atoms with Crippen molar-refractivity contribution >= 4 is 11.6 Å². The largest absolute Gasteiger partial charge is 0.380 e. The smallest absolute Gasteiger partial charge is 0.347 e. The number of nitrogens with zero attached hydrogens (tertiary/aromatic N) is 3. The lowest BCUT2D eigenvalue weighted by Crippen LogP contribution is -2.07. The van der Waals surface area contributed by atoms with Crippen molar-refractivity contribution in [3.63, 3.8) is 0 Å². The van der Waals surface area contributed by atoms with Crippen LogP contribution in [0.2, 0.25) is 0 Å². The van der Waals surface area contributed by atoms with Gasteiger partial charge < -0.3 is 15.8 Å². The first-order chi connectivity index (χ1) is 5.52. The number of nitrogen functional groups attached to an aromatic ring is 1. The predicted octanol–water partition coefficient (Wildman–Crippen LogP) is 0.954. The van der Waals surface area contributed by atoms with Crippen molar-refractivity contribution in [3.8, 4) is 0 Å². The molecule has 6 heteroatoms. The maximum atomic E-state index is 10.4. The van der Waals surface area contributed by atoms with E-state index in [9.17, 15) is 10.1 Å². The predicted molar refractivity (Wildman–Crippen MR) is 43.7 cm³/mol. The summed E-state index contributed by atoms with van der Waals surface area (Å²) in [5, 5.41) is 14.2. The summed E-state index contributed by atoms with van der Waals surface area (Å²) >= 11 is 0. The molecule has 0 aromatic carbocycles. The van der Waals surface area contributed by atoms with E-state index in [1.54, 1.807) is 13.8 Å². The number of nitro groups is 1. The summed E-state index contributed by atoms with van der Waals surface area (Å²) in [4.78, 5) is 9.93. The SMILES string of the molecule is CC(C)n1nc(N)cc1[N+](=O)[O-]. The van der Waals surface area contributed by atoms with Crippen LogP contribution in [-0.4, -0.2) is 14.7 Å². The highest BCUT2D eigenvalue weighted by Crippen LogP contribution is 2.19. The Kier molecular flexibility index (Phi) is 1.99. The molecule has 0 radical (unpaired) electrons. The molecule has 0 saturated carbocycles. The van der Waals surface area contributed by atoms with Gasteiger partial charge in [0, 0.05) is 0 Å². The number of aromatic nitrogens is 2. The fourth-order valence-corrected chi connectivity index (χ4v) is 0.919. The molecule has 0 spiro atoms. The van der Waals surface area contributed by atoms with Crippen LogP contribution in [-0.2, 0) is 0 Å². The van der Waals surface area contributed by atoms with Crippen molar-refractivity contribution in [1.82, 2.24) is 9.78 Å². The first kappa shape index (κ1) is 8.51. The van der Waals surface area contributed by atoms with E-state index in [4.69, 9.17) is 5.73 Å². The standard InChI is InChI=1S/C6H10N4O2/c1-4(2)9-6(10(11)12)3-5(7)8-9/h3-4H,1-2H3,(H2,7,8). The zero-order valence-electron chi connectivity index (χ0n) is 6.89. The van der Waals surface area contributed by atoms with Gasteiger partial charge in [-0.05, 0) is 18.8 Å². The van der Waals surface area contributed by atoms with Gasteiger partial charge in [-0.15, -0.1) is 4.68 Å². The zero-order chi connectivity index (χ0) is 9.30. The van der Waals surface area contributed by atoms with Gasteiger partial charge in [0.2, 0.25) is 0 Å². The highest BCUT2D eigenvalue weighted by atomic mass is 16.6. The van der Waals surface area contributed by atoms with E-state index in [2.05, 4.69) is 5.10 Å². The van der Waals surface area contributed by atoms with Crippen LogP contribution in [0.3, 0.4) is 0 Å². The fraction of sp³-hybridized carbons (Fsp3) is 0.500. The monoisotopic (exact) mass is 170 g/mol. The van der Waals surface area contributed by atoms with E-state index in [0.29, 0.717) is 0 Å². The Balaban J connectivity index is 3.17. The summed E-state index contributed by atoms with van der Waals surface area (Å²) < 4.78 is 1.29. The Bertz CT molecular complexity index is 304. The van der Waals surface area contributed by atoms with E-state index < -0.39 is 4.92 Å². The Labute approximate surface area is 69.1 Å². The molecule has 6 nitrogen and oxygen atoms in total. The zero-order valence-corrected chi connectivity index (χ0v) is 6.89. The summed E-state index contributed by atoms with van der Waals surface area (Å²) in [6.07, 6.45) is 0. The molecule has 1 heterocycles. The van der Waals surface area contributed by atoms with E-state index >= 15 is 0 Å². The molecule has 1 aromatic rings. The lowest BCUT2D eigenvalue weighted by molar-refractivity contribution is -0.393. The molecule has 0 saturated heterocycles. The minimum Gasteiger partial charge on any atom is -0.380 e.